The van der Waals surface area contributed by atoms with Gasteiger partial charge in [-0.15, -0.1) is 0 Å². The molecule has 0 rings (SSSR count). The van der Waals surface area contributed by atoms with Crippen molar-refractivity contribution in [3.63, 3.8) is 0 Å². The minimum atomic E-state index is -0.310. The first-order chi connectivity index (χ1) is 5.81. The maximum Gasteiger partial charge on any atom is 0.305 e. The number of ether oxygens (including phenoxy) is 1. The normalized spacial score (nSPS) is 9.42. The van der Waals surface area contributed by atoms with Crippen LogP contribution in [-0.4, -0.2) is 30.6 Å². The molecule has 4 heteroatoms. The molecular formula is C8H14O4. The van der Waals surface area contributed by atoms with Crippen LogP contribution in [0.2, 0.25) is 0 Å². The predicted molar refractivity (Wildman–Crippen MR) is 42.6 cm³/mol. The molecule has 0 bridgehead atoms. The molecule has 0 aromatic rings. The average molecular weight is 174 g/mol. The van der Waals surface area contributed by atoms with Gasteiger partial charge in [-0.25, -0.2) is 0 Å². The molecule has 70 valence electrons. The Bertz CT molecular complexity index is 133. The van der Waals surface area contributed by atoms with Crippen LogP contribution in [0.15, 0.2) is 0 Å². The van der Waals surface area contributed by atoms with Crippen LogP contribution in [0.4, 0.5) is 0 Å². The topological polar surface area (TPSA) is 63.6 Å². The van der Waals surface area contributed by atoms with Gasteiger partial charge < -0.3 is 14.6 Å². The fourth-order valence-electron chi connectivity index (χ4n) is 0.729. The summed E-state index contributed by atoms with van der Waals surface area (Å²) in [7, 11) is 0. The van der Waals surface area contributed by atoms with Gasteiger partial charge in [0.1, 0.15) is 12.9 Å². The van der Waals surface area contributed by atoms with Crippen molar-refractivity contribution >= 4 is 12.3 Å². The lowest BCUT2D eigenvalue weighted by Gasteiger charge is -2.00. The van der Waals surface area contributed by atoms with Crippen molar-refractivity contribution in [1.82, 2.24) is 0 Å². The van der Waals surface area contributed by atoms with E-state index in [-0.39, 0.29) is 19.2 Å². The van der Waals surface area contributed by atoms with Gasteiger partial charge in [0.05, 0.1) is 6.61 Å². The number of carbonyl (C=O) groups is 2. The third-order valence-corrected chi connectivity index (χ3v) is 1.31. The zero-order valence-corrected chi connectivity index (χ0v) is 6.99. The lowest BCUT2D eigenvalue weighted by Crippen LogP contribution is -2.07. The highest BCUT2D eigenvalue weighted by atomic mass is 16.5. The van der Waals surface area contributed by atoms with Gasteiger partial charge in [-0.05, 0) is 12.8 Å². The summed E-state index contributed by atoms with van der Waals surface area (Å²) in [6, 6.07) is 0. The summed E-state index contributed by atoms with van der Waals surface area (Å²) in [5.41, 5.74) is 0. The molecule has 0 fully saturated rings. The van der Waals surface area contributed by atoms with Crippen molar-refractivity contribution in [1.29, 1.82) is 0 Å². The van der Waals surface area contributed by atoms with Crippen molar-refractivity contribution in [2.24, 2.45) is 0 Å². The van der Waals surface area contributed by atoms with Gasteiger partial charge in [0.25, 0.3) is 0 Å². The highest BCUT2D eigenvalue weighted by Crippen LogP contribution is 1.99. The molecule has 0 saturated carbocycles. The molecule has 0 spiro atoms. The van der Waals surface area contributed by atoms with Gasteiger partial charge in [0, 0.05) is 12.8 Å². The fraction of sp³-hybridized carbons (Fsp3) is 0.750. The third kappa shape index (κ3) is 7.21. The Morgan fingerprint density at radius 3 is 2.75 bits per heavy atom. The zero-order chi connectivity index (χ0) is 9.23. The largest absolute Gasteiger partial charge is 0.463 e. The summed E-state index contributed by atoms with van der Waals surface area (Å²) >= 11 is 0. The van der Waals surface area contributed by atoms with E-state index < -0.39 is 0 Å². The van der Waals surface area contributed by atoms with Crippen LogP contribution in [0.1, 0.15) is 25.7 Å². The standard InChI is InChI=1S/C8H14O4/c9-5-3-1-2-4-8(11)12-7-6-10/h5,10H,1-4,6-7H2. The second-order valence-corrected chi connectivity index (χ2v) is 2.36. The first kappa shape index (κ1) is 11.1. The molecule has 0 heterocycles. The van der Waals surface area contributed by atoms with Gasteiger partial charge >= 0.3 is 5.97 Å². The molecule has 0 aliphatic heterocycles. The van der Waals surface area contributed by atoms with Crippen LogP contribution in [0.3, 0.4) is 0 Å². The van der Waals surface area contributed by atoms with Crippen LogP contribution in [0.5, 0.6) is 0 Å². The number of aldehydes is 1. The first-order valence-corrected chi connectivity index (χ1v) is 4.01. The molecular weight excluding hydrogens is 160 g/mol. The van der Waals surface area contributed by atoms with Crippen molar-refractivity contribution in [2.45, 2.75) is 25.7 Å². The summed E-state index contributed by atoms with van der Waals surface area (Å²) in [4.78, 5) is 20.6. The molecule has 0 atom stereocenters. The third-order valence-electron chi connectivity index (χ3n) is 1.31. The van der Waals surface area contributed by atoms with Gasteiger partial charge in [0.15, 0.2) is 0 Å². The quantitative estimate of drug-likeness (QED) is 0.342. The van der Waals surface area contributed by atoms with E-state index in [4.69, 9.17) is 5.11 Å². The molecule has 0 radical (unpaired) electrons. The number of esters is 1. The summed E-state index contributed by atoms with van der Waals surface area (Å²) in [5.74, 6) is -0.310. The highest BCUT2D eigenvalue weighted by Gasteiger charge is 2.00. The molecule has 0 aliphatic rings. The van der Waals surface area contributed by atoms with Crippen LogP contribution in [-0.2, 0) is 14.3 Å². The van der Waals surface area contributed by atoms with Crippen LogP contribution in [0, 0.1) is 0 Å². The maximum absolute atomic E-state index is 10.7. The Morgan fingerprint density at radius 1 is 1.42 bits per heavy atom. The summed E-state index contributed by atoms with van der Waals surface area (Å²) in [6.07, 6.45) is 3.04. The summed E-state index contributed by atoms with van der Waals surface area (Å²) in [5, 5.41) is 8.30. The molecule has 0 aromatic carbocycles. The van der Waals surface area contributed by atoms with Crippen molar-refractivity contribution < 1.29 is 19.4 Å². The van der Waals surface area contributed by atoms with Crippen LogP contribution < -0.4 is 0 Å². The minimum absolute atomic E-state index is 0.0620. The van der Waals surface area contributed by atoms with Crippen molar-refractivity contribution in [3.8, 4) is 0 Å². The molecule has 12 heavy (non-hydrogen) atoms. The Kier molecular flexibility index (Phi) is 7.58. The second-order valence-electron chi connectivity index (χ2n) is 2.36. The van der Waals surface area contributed by atoms with E-state index in [0.29, 0.717) is 19.3 Å². The van der Waals surface area contributed by atoms with Crippen LogP contribution >= 0.6 is 0 Å². The highest BCUT2D eigenvalue weighted by molar-refractivity contribution is 5.69. The van der Waals surface area contributed by atoms with E-state index in [0.717, 1.165) is 12.7 Å². The number of unbranched alkanes of at least 4 members (excludes halogenated alkanes) is 2. The van der Waals surface area contributed by atoms with E-state index in [1.807, 2.05) is 0 Å². The maximum atomic E-state index is 10.7. The molecule has 4 nitrogen and oxygen atoms in total. The monoisotopic (exact) mass is 174 g/mol. The number of carbonyl (C=O) groups excluding carboxylic acids is 2. The summed E-state index contributed by atoms with van der Waals surface area (Å²) in [6.45, 7) is -0.0768. The Balaban J connectivity index is 3.13. The lowest BCUT2D eigenvalue weighted by atomic mass is 10.2. The molecule has 0 amide bonds. The molecule has 1 N–H and O–H groups in total. The van der Waals surface area contributed by atoms with E-state index in [1.54, 1.807) is 0 Å². The number of hydrogen-bond acceptors (Lipinski definition) is 4. The Labute approximate surface area is 71.5 Å². The molecule has 0 saturated heterocycles. The number of rotatable bonds is 7. The lowest BCUT2D eigenvalue weighted by molar-refractivity contribution is -0.144. The van der Waals surface area contributed by atoms with Crippen molar-refractivity contribution in [3.05, 3.63) is 0 Å². The number of aliphatic hydroxyl groups excluding tert-OH is 1. The molecule has 0 aromatic heterocycles. The molecule has 0 aliphatic carbocycles. The number of aliphatic hydroxyl groups is 1. The van der Waals surface area contributed by atoms with E-state index in [2.05, 4.69) is 4.74 Å². The van der Waals surface area contributed by atoms with Gasteiger partial charge in [-0.1, -0.05) is 0 Å². The van der Waals surface area contributed by atoms with Crippen molar-refractivity contribution in [2.75, 3.05) is 13.2 Å². The van der Waals surface area contributed by atoms with E-state index in [9.17, 15) is 9.59 Å². The smallest absolute Gasteiger partial charge is 0.305 e. The fourth-order valence-corrected chi connectivity index (χ4v) is 0.729. The van der Waals surface area contributed by atoms with Crippen LogP contribution in [0.25, 0.3) is 0 Å². The minimum Gasteiger partial charge on any atom is -0.463 e. The van der Waals surface area contributed by atoms with E-state index in [1.165, 1.54) is 0 Å². The average Bonchev–Trinajstić information content (AvgIpc) is 2.09. The Morgan fingerprint density at radius 2 is 2.17 bits per heavy atom. The van der Waals surface area contributed by atoms with Gasteiger partial charge in [0.2, 0.25) is 0 Å². The SMILES string of the molecule is O=CCCCCC(=O)OCCO. The zero-order valence-electron chi connectivity index (χ0n) is 6.99. The second kappa shape index (κ2) is 8.20. The summed E-state index contributed by atoms with van der Waals surface area (Å²) < 4.78 is 4.59. The van der Waals surface area contributed by atoms with Gasteiger partial charge in [-0.2, -0.15) is 0 Å². The predicted octanol–water partition coefficient (Wildman–Crippen LogP) is 0.281. The van der Waals surface area contributed by atoms with E-state index >= 15 is 0 Å². The number of hydrogen-bond donors (Lipinski definition) is 1. The molecule has 0 unspecified atom stereocenters. The first-order valence-electron chi connectivity index (χ1n) is 4.01. The van der Waals surface area contributed by atoms with Gasteiger partial charge in [-0.3, -0.25) is 4.79 Å². The Hall–Kier alpha value is -0.900.